The number of nitrogens with zero attached hydrogens (tertiary/aromatic N) is 2. The van der Waals surface area contributed by atoms with Crippen molar-refractivity contribution >= 4 is 39.2 Å². The van der Waals surface area contributed by atoms with Crippen LogP contribution in [0.15, 0.2) is 63.8 Å². The molecule has 1 saturated heterocycles. The first-order chi connectivity index (χ1) is 15.1. The van der Waals surface area contributed by atoms with Crippen LogP contribution in [0.25, 0.3) is 0 Å². The van der Waals surface area contributed by atoms with Crippen LogP contribution in [0.5, 0.6) is 0 Å². The zero-order valence-corrected chi connectivity index (χ0v) is 18.5. The molecule has 0 saturated carbocycles. The fourth-order valence-electron chi connectivity index (χ4n) is 3.60. The van der Waals surface area contributed by atoms with E-state index in [4.69, 9.17) is 4.42 Å². The number of halogens is 1. The second-order valence-corrected chi connectivity index (χ2v) is 8.14. The maximum absolute atomic E-state index is 12.7. The number of aromatic nitrogens is 1. The van der Waals surface area contributed by atoms with E-state index in [1.807, 2.05) is 12.1 Å². The molecular formula is C23H23BrN4O3. The van der Waals surface area contributed by atoms with Crippen molar-refractivity contribution < 1.29 is 14.0 Å². The minimum absolute atomic E-state index is 0.184. The van der Waals surface area contributed by atoms with Gasteiger partial charge in [-0.2, -0.15) is 0 Å². The molecule has 4 rings (SSSR count). The number of nitrogens with one attached hydrogen (secondary N) is 2. The molecule has 2 amide bonds. The third-order valence-electron chi connectivity index (χ3n) is 5.14. The second kappa shape index (κ2) is 9.78. The van der Waals surface area contributed by atoms with Gasteiger partial charge in [-0.1, -0.05) is 12.1 Å². The lowest BCUT2D eigenvalue weighted by Gasteiger charge is -2.29. The number of carbonyl (C=O) groups is 2. The van der Waals surface area contributed by atoms with Crippen LogP contribution in [0.1, 0.15) is 45.7 Å². The molecule has 31 heavy (non-hydrogen) atoms. The number of furan rings is 1. The van der Waals surface area contributed by atoms with Crippen molar-refractivity contribution in [1.82, 2.24) is 10.3 Å². The topological polar surface area (TPSA) is 87.5 Å². The summed E-state index contributed by atoms with van der Waals surface area (Å²) in [6.45, 7) is 2.37. The monoisotopic (exact) mass is 482 g/mol. The van der Waals surface area contributed by atoms with Crippen molar-refractivity contribution in [1.29, 1.82) is 0 Å². The summed E-state index contributed by atoms with van der Waals surface area (Å²) in [5.74, 6) is 0.520. The summed E-state index contributed by atoms with van der Waals surface area (Å²) in [5, 5.41) is 5.71. The van der Waals surface area contributed by atoms with Gasteiger partial charge in [-0.25, -0.2) is 4.98 Å². The molecule has 2 aromatic heterocycles. The van der Waals surface area contributed by atoms with Gasteiger partial charge in [0.25, 0.3) is 11.8 Å². The molecular weight excluding hydrogens is 460 g/mol. The normalized spacial score (nSPS) is 13.6. The minimum atomic E-state index is -0.384. The number of benzene rings is 1. The first kappa shape index (κ1) is 21.1. The van der Waals surface area contributed by atoms with Crippen LogP contribution < -0.4 is 15.5 Å². The Kier molecular flexibility index (Phi) is 6.66. The SMILES string of the molecule is O=C(NCc1cccnc1N1CCCCC1)c1cccc(NC(=O)c2ccc(Br)o2)c1. The van der Waals surface area contributed by atoms with Crippen LogP contribution >= 0.6 is 15.9 Å². The molecule has 3 heterocycles. The van der Waals surface area contributed by atoms with E-state index in [9.17, 15) is 9.59 Å². The van der Waals surface area contributed by atoms with Crippen molar-refractivity contribution in [3.8, 4) is 0 Å². The maximum atomic E-state index is 12.7. The Balaban J connectivity index is 1.40. The van der Waals surface area contributed by atoms with Crippen molar-refractivity contribution in [3.05, 3.63) is 76.3 Å². The molecule has 1 aromatic carbocycles. The van der Waals surface area contributed by atoms with E-state index in [1.54, 1.807) is 42.6 Å². The molecule has 0 unspecified atom stereocenters. The summed E-state index contributed by atoms with van der Waals surface area (Å²) in [6.07, 6.45) is 5.37. The van der Waals surface area contributed by atoms with E-state index in [-0.39, 0.29) is 17.6 Å². The van der Waals surface area contributed by atoms with E-state index in [2.05, 4.69) is 36.4 Å². The summed E-state index contributed by atoms with van der Waals surface area (Å²) < 4.78 is 5.74. The van der Waals surface area contributed by atoms with Crippen molar-refractivity contribution in [2.75, 3.05) is 23.3 Å². The summed E-state index contributed by atoms with van der Waals surface area (Å²) in [7, 11) is 0. The summed E-state index contributed by atoms with van der Waals surface area (Å²) in [6, 6.07) is 13.9. The first-order valence-corrected chi connectivity index (χ1v) is 11.0. The van der Waals surface area contributed by atoms with Crippen LogP contribution in [-0.2, 0) is 6.54 Å². The van der Waals surface area contributed by atoms with Crippen LogP contribution in [0, 0.1) is 0 Å². The number of amides is 2. The molecule has 7 nitrogen and oxygen atoms in total. The van der Waals surface area contributed by atoms with Gasteiger partial charge < -0.3 is 20.0 Å². The average Bonchev–Trinajstić information content (AvgIpc) is 3.25. The smallest absolute Gasteiger partial charge is 0.291 e. The molecule has 0 bridgehead atoms. The summed E-state index contributed by atoms with van der Waals surface area (Å²) in [5.41, 5.74) is 1.97. The standard InChI is InChI=1S/C23H23BrN4O3/c24-20-10-9-19(31-20)23(30)27-18-8-4-6-16(14-18)22(29)26-15-17-7-5-11-25-21(17)28-12-2-1-3-13-28/h4-11,14H,1-3,12-13,15H2,(H,26,29)(H,27,30). The lowest BCUT2D eigenvalue weighted by atomic mass is 10.1. The second-order valence-electron chi connectivity index (χ2n) is 7.36. The Morgan fingerprint density at radius 3 is 2.65 bits per heavy atom. The largest absolute Gasteiger partial charge is 0.444 e. The molecule has 0 radical (unpaired) electrons. The number of hydrogen-bond acceptors (Lipinski definition) is 5. The molecule has 8 heteroatoms. The molecule has 1 aliphatic rings. The molecule has 1 fully saturated rings. The highest BCUT2D eigenvalue weighted by atomic mass is 79.9. The molecule has 3 aromatic rings. The number of hydrogen-bond donors (Lipinski definition) is 2. The molecule has 2 N–H and O–H groups in total. The van der Waals surface area contributed by atoms with E-state index in [0.29, 0.717) is 22.5 Å². The molecule has 160 valence electrons. The Bertz CT molecular complexity index is 1080. The van der Waals surface area contributed by atoms with E-state index in [0.717, 1.165) is 37.3 Å². The zero-order chi connectivity index (χ0) is 21.6. The number of rotatable bonds is 6. The molecule has 0 spiro atoms. The number of pyridine rings is 1. The minimum Gasteiger partial charge on any atom is -0.444 e. The maximum Gasteiger partial charge on any atom is 0.291 e. The van der Waals surface area contributed by atoms with Gasteiger partial charge in [0.2, 0.25) is 0 Å². The van der Waals surface area contributed by atoms with Crippen molar-refractivity contribution in [2.24, 2.45) is 0 Å². The van der Waals surface area contributed by atoms with Crippen LogP contribution in [0.4, 0.5) is 11.5 Å². The average molecular weight is 483 g/mol. The highest BCUT2D eigenvalue weighted by molar-refractivity contribution is 9.10. The summed E-state index contributed by atoms with van der Waals surface area (Å²) >= 11 is 3.18. The molecule has 0 aliphatic carbocycles. The van der Waals surface area contributed by atoms with Crippen molar-refractivity contribution in [3.63, 3.8) is 0 Å². The van der Waals surface area contributed by atoms with Gasteiger partial charge in [0.15, 0.2) is 10.4 Å². The summed E-state index contributed by atoms with van der Waals surface area (Å²) in [4.78, 5) is 31.8. The fourth-order valence-corrected chi connectivity index (χ4v) is 3.91. The highest BCUT2D eigenvalue weighted by Gasteiger charge is 2.17. The quantitative estimate of drug-likeness (QED) is 0.535. The van der Waals surface area contributed by atoms with Crippen LogP contribution in [0.2, 0.25) is 0 Å². The first-order valence-electron chi connectivity index (χ1n) is 10.2. The van der Waals surface area contributed by atoms with Gasteiger partial charge in [0.05, 0.1) is 0 Å². The Morgan fingerprint density at radius 2 is 1.87 bits per heavy atom. The molecule has 1 aliphatic heterocycles. The lowest BCUT2D eigenvalue weighted by Crippen LogP contribution is -2.32. The Morgan fingerprint density at radius 1 is 1.03 bits per heavy atom. The number of piperidine rings is 1. The third kappa shape index (κ3) is 5.32. The predicted octanol–water partition coefficient (Wildman–Crippen LogP) is 4.61. The zero-order valence-electron chi connectivity index (χ0n) is 16.9. The lowest BCUT2D eigenvalue weighted by molar-refractivity contribution is 0.0949. The Labute approximate surface area is 189 Å². The molecule has 0 atom stereocenters. The third-order valence-corrected chi connectivity index (χ3v) is 5.57. The van der Waals surface area contributed by atoms with E-state index < -0.39 is 0 Å². The predicted molar refractivity (Wildman–Crippen MR) is 122 cm³/mol. The van der Waals surface area contributed by atoms with Crippen LogP contribution in [-0.4, -0.2) is 29.9 Å². The van der Waals surface area contributed by atoms with Gasteiger partial charge in [0.1, 0.15) is 5.82 Å². The van der Waals surface area contributed by atoms with Gasteiger partial charge in [-0.3, -0.25) is 9.59 Å². The van der Waals surface area contributed by atoms with Gasteiger partial charge in [-0.15, -0.1) is 0 Å². The van der Waals surface area contributed by atoms with E-state index in [1.165, 1.54) is 6.42 Å². The van der Waals surface area contributed by atoms with Crippen LogP contribution in [0.3, 0.4) is 0 Å². The van der Waals surface area contributed by atoms with Gasteiger partial charge in [-0.05, 0) is 71.6 Å². The van der Waals surface area contributed by atoms with E-state index >= 15 is 0 Å². The van der Waals surface area contributed by atoms with Gasteiger partial charge >= 0.3 is 0 Å². The Hall–Kier alpha value is -3.13. The highest BCUT2D eigenvalue weighted by Crippen LogP contribution is 2.22. The van der Waals surface area contributed by atoms with Gasteiger partial charge in [0, 0.05) is 42.6 Å². The number of anilines is 2. The number of carbonyl (C=O) groups excluding carboxylic acids is 2. The van der Waals surface area contributed by atoms with Crippen molar-refractivity contribution in [2.45, 2.75) is 25.8 Å². The fraction of sp³-hybridized carbons (Fsp3) is 0.261.